The standard InChI is InChI=1S/C20H20Cl3N3O/c21-12-3-1-11(2-4-12)20(25)15(14-6-5-13(22)9-16(14)23)7-8-19(24)17(20)10-26-18(19)27/h1-6,9,15,17H,7-8,10,24-25H2,(H,26,27). The predicted octanol–water partition coefficient (Wildman–Crippen LogP) is 3.82. The zero-order valence-electron chi connectivity index (χ0n) is 14.5. The van der Waals surface area contributed by atoms with Crippen molar-refractivity contribution in [3.63, 3.8) is 0 Å². The summed E-state index contributed by atoms with van der Waals surface area (Å²) < 4.78 is 0. The van der Waals surface area contributed by atoms with Gasteiger partial charge in [0.05, 0.1) is 5.54 Å². The number of amides is 1. The Bertz CT molecular complexity index is 904. The molecule has 142 valence electrons. The van der Waals surface area contributed by atoms with E-state index in [0.29, 0.717) is 34.5 Å². The third kappa shape index (κ3) is 2.86. The van der Waals surface area contributed by atoms with Crippen LogP contribution in [0.2, 0.25) is 15.1 Å². The summed E-state index contributed by atoms with van der Waals surface area (Å²) in [6.45, 7) is 0.427. The Hall–Kier alpha value is -1.30. The van der Waals surface area contributed by atoms with E-state index in [9.17, 15) is 4.79 Å². The van der Waals surface area contributed by atoms with Crippen molar-refractivity contribution in [2.24, 2.45) is 17.4 Å². The lowest BCUT2D eigenvalue weighted by Gasteiger charge is -2.52. The van der Waals surface area contributed by atoms with Gasteiger partial charge < -0.3 is 16.8 Å². The van der Waals surface area contributed by atoms with E-state index in [1.54, 1.807) is 6.07 Å². The summed E-state index contributed by atoms with van der Waals surface area (Å²) in [6, 6.07) is 12.9. The number of hydrogen-bond acceptors (Lipinski definition) is 3. The summed E-state index contributed by atoms with van der Waals surface area (Å²) in [4.78, 5) is 12.5. The third-order valence-electron chi connectivity index (χ3n) is 6.19. The van der Waals surface area contributed by atoms with Crippen LogP contribution >= 0.6 is 34.8 Å². The fourth-order valence-electron chi connectivity index (χ4n) is 4.79. The van der Waals surface area contributed by atoms with Gasteiger partial charge in [0, 0.05) is 33.4 Å². The van der Waals surface area contributed by atoms with Gasteiger partial charge in [-0.05, 0) is 48.2 Å². The molecule has 1 saturated heterocycles. The Balaban J connectivity index is 1.90. The Kier molecular flexibility index (Phi) is 4.68. The molecule has 2 aromatic carbocycles. The highest BCUT2D eigenvalue weighted by molar-refractivity contribution is 6.35. The van der Waals surface area contributed by atoms with Crippen LogP contribution in [0.25, 0.3) is 0 Å². The van der Waals surface area contributed by atoms with E-state index >= 15 is 0 Å². The average molecular weight is 425 g/mol. The average Bonchev–Trinajstić information content (AvgIpc) is 2.93. The molecule has 1 heterocycles. The fourth-order valence-corrected chi connectivity index (χ4v) is 5.45. The summed E-state index contributed by atoms with van der Waals surface area (Å²) in [5, 5.41) is 4.67. The fraction of sp³-hybridized carbons (Fsp3) is 0.350. The Labute approximate surface area is 173 Å². The molecule has 5 N–H and O–H groups in total. The lowest BCUT2D eigenvalue weighted by molar-refractivity contribution is -0.126. The first-order valence-corrected chi connectivity index (χ1v) is 9.97. The van der Waals surface area contributed by atoms with E-state index < -0.39 is 11.1 Å². The number of halogens is 3. The SMILES string of the molecule is NC12CCC(c3ccc(Cl)cc3Cl)C(N)(c3ccc(Cl)cc3)C1CNC2=O. The monoisotopic (exact) mass is 423 g/mol. The molecule has 0 radical (unpaired) electrons. The Morgan fingerprint density at radius 3 is 2.33 bits per heavy atom. The minimum atomic E-state index is -0.996. The molecule has 2 aromatic rings. The minimum Gasteiger partial charge on any atom is -0.354 e. The van der Waals surface area contributed by atoms with E-state index in [2.05, 4.69) is 5.32 Å². The first kappa shape index (κ1) is 19.0. The van der Waals surface area contributed by atoms with Crippen LogP contribution in [0.15, 0.2) is 42.5 Å². The highest BCUT2D eigenvalue weighted by Gasteiger charge is 2.61. The van der Waals surface area contributed by atoms with Gasteiger partial charge in [-0.15, -0.1) is 0 Å². The molecule has 0 bridgehead atoms. The van der Waals surface area contributed by atoms with Crippen molar-refractivity contribution in [1.29, 1.82) is 0 Å². The number of nitrogens with two attached hydrogens (primary N) is 2. The van der Waals surface area contributed by atoms with Gasteiger partial charge in [-0.3, -0.25) is 4.79 Å². The maximum absolute atomic E-state index is 12.5. The third-order valence-corrected chi connectivity index (χ3v) is 7.01. The molecule has 4 unspecified atom stereocenters. The molecule has 1 saturated carbocycles. The molecule has 1 aliphatic carbocycles. The van der Waals surface area contributed by atoms with Crippen molar-refractivity contribution in [3.05, 3.63) is 68.7 Å². The molecule has 4 nitrogen and oxygen atoms in total. The number of hydrogen-bond donors (Lipinski definition) is 3. The molecule has 2 fully saturated rings. The molecule has 1 aliphatic heterocycles. The summed E-state index contributed by atoms with van der Waals surface area (Å²) in [5.74, 6) is -0.529. The number of rotatable bonds is 2. The first-order valence-electron chi connectivity index (χ1n) is 8.84. The van der Waals surface area contributed by atoms with Crippen LogP contribution in [0.5, 0.6) is 0 Å². The van der Waals surface area contributed by atoms with Gasteiger partial charge in [0.25, 0.3) is 0 Å². The number of fused-ring (bicyclic) bond motifs is 1. The zero-order chi connectivity index (χ0) is 19.4. The van der Waals surface area contributed by atoms with Crippen LogP contribution in [-0.4, -0.2) is 18.0 Å². The molecule has 4 atom stereocenters. The molecule has 2 aliphatic rings. The van der Waals surface area contributed by atoms with Gasteiger partial charge >= 0.3 is 0 Å². The molecule has 0 aromatic heterocycles. The maximum Gasteiger partial charge on any atom is 0.240 e. The largest absolute Gasteiger partial charge is 0.354 e. The van der Waals surface area contributed by atoms with Gasteiger partial charge in [0.2, 0.25) is 5.91 Å². The number of benzene rings is 2. The highest BCUT2D eigenvalue weighted by Crippen LogP contribution is 2.54. The highest BCUT2D eigenvalue weighted by atomic mass is 35.5. The summed E-state index contributed by atoms with van der Waals surface area (Å²) in [7, 11) is 0. The molecule has 1 amide bonds. The number of carbonyl (C=O) groups is 1. The molecule has 4 rings (SSSR count). The van der Waals surface area contributed by atoms with E-state index in [-0.39, 0.29) is 17.7 Å². The molecule has 7 heteroatoms. The Morgan fingerprint density at radius 2 is 1.67 bits per heavy atom. The van der Waals surface area contributed by atoms with Crippen LogP contribution in [0.3, 0.4) is 0 Å². The number of carbonyl (C=O) groups excluding carboxylic acids is 1. The van der Waals surface area contributed by atoms with Crippen LogP contribution in [-0.2, 0) is 10.3 Å². The van der Waals surface area contributed by atoms with Gasteiger partial charge in [0.15, 0.2) is 0 Å². The van der Waals surface area contributed by atoms with Crippen molar-refractivity contribution < 1.29 is 4.79 Å². The second-order valence-electron chi connectivity index (χ2n) is 7.50. The first-order chi connectivity index (χ1) is 12.8. The second-order valence-corrected chi connectivity index (χ2v) is 8.78. The van der Waals surface area contributed by atoms with Gasteiger partial charge in [-0.1, -0.05) is 53.0 Å². The molecule has 27 heavy (non-hydrogen) atoms. The second kappa shape index (κ2) is 6.64. The van der Waals surface area contributed by atoms with Gasteiger partial charge in [-0.25, -0.2) is 0 Å². The van der Waals surface area contributed by atoms with Crippen LogP contribution < -0.4 is 16.8 Å². The van der Waals surface area contributed by atoms with Gasteiger partial charge in [0.1, 0.15) is 5.54 Å². The van der Waals surface area contributed by atoms with E-state index in [0.717, 1.165) is 11.1 Å². The Morgan fingerprint density at radius 1 is 1.00 bits per heavy atom. The number of nitrogens with one attached hydrogen (secondary N) is 1. The van der Waals surface area contributed by atoms with Crippen molar-refractivity contribution in [1.82, 2.24) is 5.32 Å². The topological polar surface area (TPSA) is 81.1 Å². The van der Waals surface area contributed by atoms with Crippen molar-refractivity contribution in [2.45, 2.75) is 29.8 Å². The summed E-state index contributed by atoms with van der Waals surface area (Å²) in [5.41, 5.74) is 13.6. The van der Waals surface area contributed by atoms with Crippen LogP contribution in [0.4, 0.5) is 0 Å². The van der Waals surface area contributed by atoms with Crippen LogP contribution in [0.1, 0.15) is 29.9 Å². The quantitative estimate of drug-likeness (QED) is 0.685. The lowest BCUT2D eigenvalue weighted by Crippen LogP contribution is -2.65. The van der Waals surface area contributed by atoms with E-state index in [1.807, 2.05) is 36.4 Å². The lowest BCUT2D eigenvalue weighted by atomic mass is 9.56. The van der Waals surface area contributed by atoms with E-state index in [4.69, 9.17) is 46.3 Å². The molecule has 0 spiro atoms. The zero-order valence-corrected chi connectivity index (χ0v) is 16.8. The summed E-state index contributed by atoms with van der Waals surface area (Å²) in [6.07, 6.45) is 1.18. The van der Waals surface area contributed by atoms with Crippen molar-refractivity contribution >= 4 is 40.7 Å². The molecular weight excluding hydrogens is 405 g/mol. The molecular formula is C20H20Cl3N3O. The maximum atomic E-state index is 12.5. The predicted molar refractivity (Wildman–Crippen MR) is 109 cm³/mol. The summed E-state index contributed by atoms with van der Waals surface area (Å²) >= 11 is 18.7. The van der Waals surface area contributed by atoms with Crippen molar-refractivity contribution in [2.75, 3.05) is 6.54 Å². The van der Waals surface area contributed by atoms with Crippen molar-refractivity contribution in [3.8, 4) is 0 Å². The normalized spacial score (nSPS) is 32.9. The smallest absolute Gasteiger partial charge is 0.240 e. The van der Waals surface area contributed by atoms with Gasteiger partial charge in [-0.2, -0.15) is 0 Å². The minimum absolute atomic E-state index is 0.113. The van der Waals surface area contributed by atoms with E-state index in [1.165, 1.54) is 0 Å². The van der Waals surface area contributed by atoms with Crippen LogP contribution in [0, 0.1) is 5.92 Å².